The number of carbonyl (C=O) groups excluding carboxylic acids is 1. The second-order valence-electron chi connectivity index (χ2n) is 5.00. The third-order valence-corrected chi connectivity index (χ3v) is 3.24. The van der Waals surface area contributed by atoms with Gasteiger partial charge < -0.3 is 25.2 Å². The number of carboxylic acid groups (broad SMARTS) is 1. The molecule has 2 aromatic rings. The Morgan fingerprint density at radius 1 is 0.750 bits per heavy atom. The zero-order valence-electron chi connectivity index (χ0n) is 12.0. The predicted molar refractivity (Wildman–Crippen MR) is 82.9 cm³/mol. The molecule has 5 N–H and O–H groups in total. The number of halogens is 1. The second-order valence-corrected chi connectivity index (χ2v) is 5.00. The van der Waals surface area contributed by atoms with Crippen molar-refractivity contribution in [1.29, 1.82) is 0 Å². The molecule has 0 spiro atoms. The van der Waals surface area contributed by atoms with Gasteiger partial charge in [-0.05, 0) is 35.2 Å². The molecule has 0 saturated heterocycles. The molecule has 0 amide bonds. The minimum atomic E-state index is -2.00. The molecule has 0 unspecified atom stereocenters. The Hall–Kier alpha value is -2.52. The Labute approximate surface area is 135 Å². The van der Waals surface area contributed by atoms with E-state index in [1.54, 1.807) is 0 Å². The first-order valence-corrected chi connectivity index (χ1v) is 6.65. The number of aromatic carboxylic acids is 1. The second kappa shape index (κ2) is 6.93. The lowest BCUT2D eigenvalue weighted by Gasteiger charge is -2.08. The van der Waals surface area contributed by atoms with Crippen LogP contribution in [0.25, 0.3) is 0 Å². The molecule has 24 heavy (non-hydrogen) atoms. The fourth-order valence-electron chi connectivity index (χ4n) is 2.11. The minimum absolute atomic E-state index is 0.220. The van der Waals surface area contributed by atoms with Gasteiger partial charge in [0.1, 0.15) is 5.82 Å². The monoisotopic (exact) mass is 332 g/mol. The van der Waals surface area contributed by atoms with Gasteiger partial charge in [0.05, 0.1) is 5.56 Å². The van der Waals surface area contributed by atoms with Gasteiger partial charge in [0.25, 0.3) is 0 Å². The van der Waals surface area contributed by atoms with Gasteiger partial charge in [-0.2, -0.15) is 0 Å². The summed E-state index contributed by atoms with van der Waals surface area (Å²) in [4.78, 5) is 23.5. The molecular formula is C14H11B2FO7. The van der Waals surface area contributed by atoms with Gasteiger partial charge in [0.15, 0.2) is 5.78 Å². The summed E-state index contributed by atoms with van der Waals surface area (Å²) < 4.78 is 13.5. The van der Waals surface area contributed by atoms with E-state index in [-0.39, 0.29) is 27.6 Å². The summed E-state index contributed by atoms with van der Waals surface area (Å²) in [5, 5.41) is 45.6. The molecule has 0 heterocycles. The molecule has 0 atom stereocenters. The van der Waals surface area contributed by atoms with E-state index in [9.17, 15) is 24.0 Å². The maximum atomic E-state index is 13.5. The number of hydrogen-bond acceptors (Lipinski definition) is 6. The van der Waals surface area contributed by atoms with E-state index < -0.39 is 31.8 Å². The van der Waals surface area contributed by atoms with Gasteiger partial charge >= 0.3 is 20.2 Å². The van der Waals surface area contributed by atoms with Crippen molar-refractivity contribution in [1.82, 2.24) is 0 Å². The predicted octanol–water partition coefficient (Wildman–Crippen LogP) is -1.89. The topological polar surface area (TPSA) is 135 Å². The number of rotatable bonds is 5. The Kier molecular flexibility index (Phi) is 5.15. The molecule has 0 aliphatic heterocycles. The molecule has 0 aliphatic rings. The molecule has 122 valence electrons. The lowest BCUT2D eigenvalue weighted by molar-refractivity contribution is 0.0697. The van der Waals surface area contributed by atoms with E-state index in [1.165, 1.54) is 0 Å². The lowest BCUT2D eigenvalue weighted by Crippen LogP contribution is -2.32. The average Bonchev–Trinajstić information content (AvgIpc) is 2.52. The minimum Gasteiger partial charge on any atom is -0.478 e. The van der Waals surface area contributed by atoms with Crippen LogP contribution in [0.15, 0.2) is 36.4 Å². The number of carboxylic acids is 1. The van der Waals surface area contributed by atoms with Gasteiger partial charge in [0, 0.05) is 11.1 Å². The normalized spacial score (nSPS) is 10.4. The van der Waals surface area contributed by atoms with E-state index in [1.807, 2.05) is 0 Å². The maximum absolute atomic E-state index is 13.5. The molecule has 0 aromatic heterocycles. The molecule has 2 aromatic carbocycles. The van der Waals surface area contributed by atoms with Crippen molar-refractivity contribution in [3.63, 3.8) is 0 Å². The van der Waals surface area contributed by atoms with Gasteiger partial charge in [0.2, 0.25) is 0 Å². The van der Waals surface area contributed by atoms with Crippen LogP contribution >= 0.6 is 0 Å². The molecular weight excluding hydrogens is 321 g/mol. The SMILES string of the molecule is O=C(O)c1cc(B(O)O)cc(C(=O)c2cc(F)cc(B(O)O)c2)c1. The summed E-state index contributed by atoms with van der Waals surface area (Å²) in [5.41, 5.74) is -1.31. The quantitative estimate of drug-likeness (QED) is 0.319. The van der Waals surface area contributed by atoms with Crippen LogP contribution in [0.3, 0.4) is 0 Å². The Morgan fingerprint density at radius 3 is 1.71 bits per heavy atom. The van der Waals surface area contributed by atoms with Crippen molar-refractivity contribution in [3.05, 3.63) is 58.9 Å². The fraction of sp³-hybridized carbons (Fsp3) is 0. The third kappa shape index (κ3) is 3.87. The number of carbonyl (C=O) groups is 2. The van der Waals surface area contributed by atoms with Crippen molar-refractivity contribution in [3.8, 4) is 0 Å². The smallest absolute Gasteiger partial charge is 0.478 e. The summed E-state index contributed by atoms with van der Waals surface area (Å²) in [7, 11) is -3.99. The van der Waals surface area contributed by atoms with Crippen molar-refractivity contribution in [2.24, 2.45) is 0 Å². The number of ketones is 1. The molecule has 0 aliphatic carbocycles. The standard InChI is InChI=1S/C14H11B2FO7/c17-12-5-8(3-11(6-12)16(23)24)13(18)7-1-9(14(19)20)4-10(2-7)15(21)22/h1-6,21-24H,(H,19,20). The highest BCUT2D eigenvalue weighted by atomic mass is 19.1. The molecule has 2 rings (SSSR count). The highest BCUT2D eigenvalue weighted by Crippen LogP contribution is 2.12. The van der Waals surface area contributed by atoms with Gasteiger partial charge in [-0.25, -0.2) is 9.18 Å². The first-order valence-electron chi connectivity index (χ1n) is 6.65. The van der Waals surface area contributed by atoms with Gasteiger partial charge in [-0.3, -0.25) is 4.79 Å². The molecule has 0 bridgehead atoms. The van der Waals surface area contributed by atoms with Gasteiger partial charge in [-0.1, -0.05) is 12.1 Å². The van der Waals surface area contributed by atoms with E-state index in [4.69, 9.17) is 15.2 Å². The van der Waals surface area contributed by atoms with Crippen LogP contribution in [-0.4, -0.2) is 51.2 Å². The summed E-state index contributed by atoms with van der Waals surface area (Å²) in [6, 6.07) is 5.75. The maximum Gasteiger partial charge on any atom is 0.488 e. The number of hydrogen-bond donors (Lipinski definition) is 5. The molecule has 0 fully saturated rings. The third-order valence-electron chi connectivity index (χ3n) is 3.24. The fourth-order valence-corrected chi connectivity index (χ4v) is 2.11. The summed E-state index contributed by atoms with van der Waals surface area (Å²) >= 11 is 0. The largest absolute Gasteiger partial charge is 0.488 e. The van der Waals surface area contributed by atoms with Crippen LogP contribution in [0, 0.1) is 5.82 Å². The Bertz CT molecular complexity index is 808. The molecule has 0 radical (unpaired) electrons. The van der Waals surface area contributed by atoms with Gasteiger partial charge in [-0.15, -0.1) is 0 Å². The summed E-state index contributed by atoms with van der Waals surface area (Å²) in [6.07, 6.45) is 0. The number of benzene rings is 2. The molecule has 0 saturated carbocycles. The van der Waals surface area contributed by atoms with Crippen LogP contribution in [0.2, 0.25) is 0 Å². The molecule has 7 nitrogen and oxygen atoms in total. The van der Waals surface area contributed by atoms with E-state index in [2.05, 4.69) is 0 Å². The average molecular weight is 332 g/mol. The van der Waals surface area contributed by atoms with Crippen LogP contribution in [-0.2, 0) is 0 Å². The Morgan fingerprint density at radius 2 is 1.21 bits per heavy atom. The first-order chi connectivity index (χ1) is 11.2. The van der Waals surface area contributed by atoms with Crippen molar-refractivity contribution < 1.29 is 39.2 Å². The summed E-state index contributed by atoms with van der Waals surface area (Å²) in [5.74, 6) is -3.10. The zero-order valence-corrected chi connectivity index (χ0v) is 12.0. The van der Waals surface area contributed by atoms with E-state index in [0.717, 1.165) is 36.4 Å². The highest BCUT2D eigenvalue weighted by molar-refractivity contribution is 6.59. The summed E-state index contributed by atoms with van der Waals surface area (Å²) in [6.45, 7) is 0. The Balaban J connectivity index is 2.55. The van der Waals surface area contributed by atoms with Crippen molar-refractivity contribution >= 4 is 36.9 Å². The van der Waals surface area contributed by atoms with Crippen molar-refractivity contribution in [2.75, 3.05) is 0 Å². The van der Waals surface area contributed by atoms with E-state index in [0.29, 0.717) is 0 Å². The van der Waals surface area contributed by atoms with Crippen molar-refractivity contribution in [2.45, 2.75) is 0 Å². The van der Waals surface area contributed by atoms with Crippen LogP contribution < -0.4 is 10.9 Å². The van der Waals surface area contributed by atoms with Crippen LogP contribution in [0.5, 0.6) is 0 Å². The first kappa shape index (κ1) is 17.8. The lowest BCUT2D eigenvalue weighted by atomic mass is 9.77. The highest BCUT2D eigenvalue weighted by Gasteiger charge is 2.21. The molecule has 10 heteroatoms. The zero-order chi connectivity index (χ0) is 18.0. The van der Waals surface area contributed by atoms with Crippen LogP contribution in [0.1, 0.15) is 26.3 Å². The van der Waals surface area contributed by atoms with Crippen LogP contribution in [0.4, 0.5) is 4.39 Å². The van der Waals surface area contributed by atoms with E-state index >= 15 is 0 Å².